The molecule has 5 nitrogen and oxygen atoms in total. The Morgan fingerprint density at radius 1 is 0.357 bits per heavy atom. The average molecular weight is 1300 g/mol. The zero-order valence-electron chi connectivity index (χ0n) is 59.5. The summed E-state index contributed by atoms with van der Waals surface area (Å²) in [6.45, 7) is 35.4. The van der Waals surface area contributed by atoms with E-state index in [9.17, 15) is 0 Å². The van der Waals surface area contributed by atoms with Gasteiger partial charge in [0, 0.05) is 66.1 Å². The van der Waals surface area contributed by atoms with Crippen LogP contribution in [0.5, 0.6) is 11.5 Å². The van der Waals surface area contributed by atoms with Crippen LogP contribution in [0.25, 0.3) is 103 Å². The van der Waals surface area contributed by atoms with Gasteiger partial charge in [0.2, 0.25) is 0 Å². The van der Waals surface area contributed by atoms with E-state index in [4.69, 9.17) is 9.72 Å². The molecule has 0 radical (unpaired) electrons. The Hall–Kier alpha value is -10.0. The van der Waals surface area contributed by atoms with Crippen molar-refractivity contribution < 1.29 is 4.74 Å². The molecule has 6 heteroatoms. The summed E-state index contributed by atoms with van der Waals surface area (Å²) in [5.74, 6) is 2.33. The van der Waals surface area contributed by atoms with Crippen molar-refractivity contribution in [1.29, 1.82) is 0 Å². The highest BCUT2D eigenvalue weighted by molar-refractivity contribution is 7.26. The summed E-state index contributed by atoms with van der Waals surface area (Å²) in [6.07, 6.45) is 1.97. The first-order valence-electron chi connectivity index (χ1n) is 34.8. The van der Waals surface area contributed by atoms with E-state index in [0.29, 0.717) is 6.67 Å². The molecule has 14 aromatic rings. The minimum absolute atomic E-state index is 0.0906. The highest BCUT2D eigenvalue weighted by Gasteiger charge is 2.34. The number of hydrogen-bond acceptors (Lipinski definition) is 5. The molecule has 4 heterocycles. The number of rotatable bonds is 10. The van der Waals surface area contributed by atoms with E-state index in [-0.39, 0.29) is 27.1 Å². The maximum absolute atomic E-state index is 7.58. The zero-order chi connectivity index (χ0) is 68.4. The van der Waals surface area contributed by atoms with Crippen LogP contribution in [0.2, 0.25) is 0 Å². The number of ether oxygens (including phenoxy) is 1. The molecule has 98 heavy (non-hydrogen) atoms. The van der Waals surface area contributed by atoms with Crippen LogP contribution < -0.4 is 14.5 Å². The lowest BCUT2D eigenvalue weighted by Gasteiger charge is -2.31. The molecule has 3 aromatic heterocycles. The largest absolute Gasteiger partial charge is 0.457 e. The summed E-state index contributed by atoms with van der Waals surface area (Å²) in [5.41, 5.74) is 24.1. The van der Waals surface area contributed by atoms with E-state index in [0.717, 1.165) is 84.2 Å². The summed E-state index contributed by atoms with van der Waals surface area (Å²) < 4.78 is 12.5. The third-order valence-corrected chi connectivity index (χ3v) is 21.3. The average Bonchev–Trinajstić information content (AvgIpc) is 1.55. The molecule has 0 saturated carbocycles. The van der Waals surface area contributed by atoms with Gasteiger partial charge in [-0.1, -0.05) is 274 Å². The fraction of sp³-hybridized carbons (Fsp3) is 0.228. The van der Waals surface area contributed by atoms with E-state index in [2.05, 4.69) is 361 Å². The van der Waals surface area contributed by atoms with Crippen LogP contribution in [0.4, 0.5) is 22.7 Å². The van der Waals surface area contributed by atoms with Crippen molar-refractivity contribution in [2.75, 3.05) is 16.5 Å². The van der Waals surface area contributed by atoms with E-state index in [1.165, 1.54) is 81.3 Å². The van der Waals surface area contributed by atoms with Crippen LogP contribution in [0, 0.1) is 0 Å². The second kappa shape index (κ2) is 23.9. The molecule has 1 aliphatic heterocycles. The number of anilines is 4. The Morgan fingerprint density at radius 2 is 0.867 bits per heavy atom. The first-order valence-corrected chi connectivity index (χ1v) is 35.6. The lowest BCUT2D eigenvalue weighted by atomic mass is 9.77. The maximum Gasteiger partial charge on any atom is 0.137 e. The number of nitrogens with zero attached hydrogens (tertiary/aromatic N) is 4. The number of hydrogen-bond donors (Lipinski definition) is 0. The summed E-state index contributed by atoms with van der Waals surface area (Å²) in [7, 11) is 0. The number of thiophene rings is 1. The molecule has 0 amide bonds. The third kappa shape index (κ3) is 11.7. The van der Waals surface area contributed by atoms with Crippen LogP contribution in [0.1, 0.15) is 132 Å². The van der Waals surface area contributed by atoms with Crippen molar-refractivity contribution in [1.82, 2.24) is 9.55 Å². The van der Waals surface area contributed by atoms with E-state index >= 15 is 0 Å². The molecular weight excluding hydrogens is 1210 g/mol. The van der Waals surface area contributed by atoms with Gasteiger partial charge < -0.3 is 14.5 Å². The van der Waals surface area contributed by atoms with Crippen molar-refractivity contribution in [2.24, 2.45) is 0 Å². The normalized spacial score (nSPS) is 13.2. The second-order valence-corrected chi connectivity index (χ2v) is 33.2. The smallest absolute Gasteiger partial charge is 0.137 e. The Labute approximate surface area is 583 Å². The van der Waals surface area contributed by atoms with E-state index < -0.39 is 0 Å². The molecule has 0 atom stereocenters. The van der Waals surface area contributed by atoms with E-state index in [1.54, 1.807) is 0 Å². The lowest BCUT2D eigenvalue weighted by molar-refractivity contribution is 0.483. The van der Waals surface area contributed by atoms with Gasteiger partial charge in [0.15, 0.2) is 0 Å². The van der Waals surface area contributed by atoms with Gasteiger partial charge in [0.1, 0.15) is 24.0 Å². The number of aromatic nitrogens is 2. The summed E-state index contributed by atoms with van der Waals surface area (Å²) in [4.78, 5) is 10.3. The molecule has 0 fully saturated rings. The fourth-order valence-electron chi connectivity index (χ4n) is 14.5. The lowest BCUT2D eigenvalue weighted by Crippen LogP contribution is -2.25. The fourth-order valence-corrected chi connectivity index (χ4v) is 15.7. The standard InChI is InChI=1S/C92H88N4OS/c1-88(2,3)63-44-45-93-83(54-63)96-80-43-42-76-75-32-22-25-39-82(75)98-87(76)85(80)77-41-40-69(56-81(77)96)97-70-51-62(84-71(58-28-18-16-19-29-58)33-26-34-72(84)59-30-20-17-21-31-59)50-68(55-70)94-57-95(79-38-24-23-37-78(79)94)86-73(60-46-64(89(4,5)6)52-65(47-60)90(7,8)9)35-27-36-74(86)61-48-66(91(10,11)12)53-67(49-61)92(13,14)15/h16-56H,57H2,1-15H3. The first kappa shape index (κ1) is 64.0. The summed E-state index contributed by atoms with van der Waals surface area (Å²) in [6, 6.07) is 90.7. The first-order chi connectivity index (χ1) is 46.7. The molecule has 488 valence electrons. The van der Waals surface area contributed by atoms with Gasteiger partial charge in [-0.05, 0) is 160 Å². The molecular formula is C92H88N4OS. The molecule has 0 N–H and O–H groups in total. The predicted octanol–water partition coefficient (Wildman–Crippen LogP) is 26.4. The molecule has 0 spiro atoms. The van der Waals surface area contributed by atoms with Crippen LogP contribution in [0.15, 0.2) is 249 Å². The van der Waals surface area contributed by atoms with Gasteiger partial charge in [0.05, 0.1) is 28.1 Å². The van der Waals surface area contributed by atoms with Crippen molar-refractivity contribution >= 4 is 76.1 Å². The Kier molecular flexibility index (Phi) is 15.6. The second-order valence-electron chi connectivity index (χ2n) is 32.2. The van der Waals surface area contributed by atoms with Crippen LogP contribution >= 0.6 is 11.3 Å². The highest BCUT2D eigenvalue weighted by Crippen LogP contribution is 2.54. The number of para-hydroxylation sites is 3. The Balaban J connectivity index is 0.967. The number of fused-ring (bicyclic) bond motifs is 8. The summed E-state index contributed by atoms with van der Waals surface area (Å²) >= 11 is 1.87. The third-order valence-electron chi connectivity index (χ3n) is 20.1. The molecule has 0 unspecified atom stereocenters. The molecule has 15 rings (SSSR count). The van der Waals surface area contributed by atoms with E-state index in [1.807, 2.05) is 17.5 Å². The highest BCUT2D eigenvalue weighted by atomic mass is 32.1. The number of benzene rings is 11. The number of pyridine rings is 1. The minimum Gasteiger partial charge on any atom is -0.457 e. The predicted molar refractivity (Wildman–Crippen MR) is 421 cm³/mol. The van der Waals surface area contributed by atoms with Gasteiger partial charge in [-0.25, -0.2) is 4.98 Å². The molecule has 0 bridgehead atoms. The Morgan fingerprint density at radius 3 is 1.43 bits per heavy atom. The van der Waals surface area contributed by atoms with Crippen molar-refractivity contribution in [3.8, 4) is 73.0 Å². The molecule has 0 aliphatic carbocycles. The van der Waals surface area contributed by atoms with Crippen LogP contribution in [-0.4, -0.2) is 16.2 Å². The van der Waals surface area contributed by atoms with Crippen LogP contribution in [0.3, 0.4) is 0 Å². The maximum atomic E-state index is 7.58. The van der Waals surface area contributed by atoms with Gasteiger partial charge in [0.25, 0.3) is 0 Å². The van der Waals surface area contributed by atoms with Crippen LogP contribution in [-0.2, 0) is 27.1 Å². The van der Waals surface area contributed by atoms with Crippen molar-refractivity contribution in [3.63, 3.8) is 0 Å². The minimum atomic E-state index is -0.0936. The topological polar surface area (TPSA) is 33.5 Å². The quantitative estimate of drug-likeness (QED) is 0.137. The zero-order valence-corrected chi connectivity index (χ0v) is 60.3. The van der Waals surface area contributed by atoms with Gasteiger partial charge >= 0.3 is 0 Å². The summed E-state index contributed by atoms with van der Waals surface area (Å²) in [5, 5.41) is 4.91. The monoisotopic (exact) mass is 1300 g/mol. The molecule has 0 saturated heterocycles. The van der Waals surface area contributed by atoms with Crippen molar-refractivity contribution in [2.45, 2.75) is 131 Å². The molecule has 11 aromatic carbocycles. The SMILES string of the molecule is CC(C)(C)c1cc(-c2cccc(-c3cc(C(C)(C)C)cc(C(C)(C)C)c3)c2N2CN(c3cc(Oc4ccc5c6c7sc8ccccc8c7ccc6n(-c6cc(C(C)(C)C)ccn6)c5c4)cc(-c4c(-c5ccccc5)cccc4-c4ccccc4)c3)c3ccccc32)cc(C(C)(C)C)c1. The Bertz CT molecular complexity index is 5210. The molecule has 1 aliphatic rings. The van der Waals surface area contributed by atoms with Gasteiger partial charge in [-0.2, -0.15) is 0 Å². The van der Waals surface area contributed by atoms with Crippen molar-refractivity contribution in [3.05, 3.63) is 277 Å². The van der Waals surface area contributed by atoms with Gasteiger partial charge in [-0.3, -0.25) is 4.57 Å². The van der Waals surface area contributed by atoms with Gasteiger partial charge in [-0.15, -0.1) is 11.3 Å².